The highest BCUT2D eigenvalue weighted by atomic mass is 79.9. The van der Waals surface area contributed by atoms with Gasteiger partial charge in [-0.2, -0.15) is 4.31 Å². The first-order valence-corrected chi connectivity index (χ1v) is 8.23. The number of benzene rings is 1. The van der Waals surface area contributed by atoms with Gasteiger partial charge < -0.3 is 0 Å². The molecule has 0 amide bonds. The molecule has 0 spiro atoms. The molecule has 0 saturated heterocycles. The van der Waals surface area contributed by atoms with E-state index in [0.29, 0.717) is 8.78 Å². The molecule has 1 rings (SSSR count). The average molecular weight is 397 g/mol. The Kier molecular flexibility index (Phi) is 6.46. The number of sulfonamides is 1. The summed E-state index contributed by atoms with van der Waals surface area (Å²) in [6.07, 6.45) is -2.78. The molecule has 1 aromatic carbocycles. The minimum Gasteiger partial charge on any atom is -0.209 e. The summed E-state index contributed by atoms with van der Waals surface area (Å²) in [4.78, 5) is -0.219. The van der Waals surface area contributed by atoms with Crippen LogP contribution in [0.4, 0.5) is 8.78 Å². The van der Waals surface area contributed by atoms with E-state index in [-0.39, 0.29) is 22.3 Å². The third-order valence-corrected chi connectivity index (χ3v) is 5.20. The first-order valence-electron chi connectivity index (χ1n) is 5.08. The van der Waals surface area contributed by atoms with Crippen molar-refractivity contribution in [1.29, 1.82) is 0 Å². The van der Waals surface area contributed by atoms with Gasteiger partial charge in [0.2, 0.25) is 10.0 Å². The zero-order chi connectivity index (χ0) is 14.6. The van der Waals surface area contributed by atoms with Gasteiger partial charge >= 0.3 is 0 Å². The lowest BCUT2D eigenvalue weighted by molar-refractivity contribution is 0.121. The fourth-order valence-corrected chi connectivity index (χ4v) is 4.12. The zero-order valence-electron chi connectivity index (χ0n) is 9.49. The van der Waals surface area contributed by atoms with Crippen molar-refractivity contribution in [3.05, 3.63) is 27.7 Å². The molecule has 0 aliphatic heterocycles. The molecule has 0 unspecified atom stereocenters. The fraction of sp³-hybridized carbons (Fsp3) is 0.400. The topological polar surface area (TPSA) is 37.4 Å². The van der Waals surface area contributed by atoms with Crippen molar-refractivity contribution in [3.63, 3.8) is 0 Å². The van der Waals surface area contributed by atoms with E-state index >= 15 is 0 Å². The van der Waals surface area contributed by atoms with E-state index in [0.717, 1.165) is 0 Å². The molecular weight excluding hydrogens is 387 g/mol. The van der Waals surface area contributed by atoms with Crippen LogP contribution in [0, 0.1) is 0 Å². The Morgan fingerprint density at radius 1 is 1.37 bits per heavy atom. The molecule has 1 aromatic rings. The van der Waals surface area contributed by atoms with Gasteiger partial charge in [0.05, 0.1) is 11.6 Å². The van der Waals surface area contributed by atoms with Crippen LogP contribution in [0.15, 0.2) is 27.6 Å². The molecule has 0 atom stereocenters. The lowest BCUT2D eigenvalue weighted by Crippen LogP contribution is -2.36. The molecular formula is C10H10BrCl2F2NO2S. The van der Waals surface area contributed by atoms with Crippen molar-refractivity contribution in [3.8, 4) is 0 Å². The van der Waals surface area contributed by atoms with Crippen LogP contribution in [0.2, 0.25) is 5.02 Å². The summed E-state index contributed by atoms with van der Waals surface area (Å²) in [5.74, 6) is -0.0832. The van der Waals surface area contributed by atoms with E-state index in [4.69, 9.17) is 23.2 Å². The van der Waals surface area contributed by atoms with Crippen molar-refractivity contribution < 1.29 is 17.2 Å². The molecule has 0 aliphatic rings. The van der Waals surface area contributed by atoms with Crippen molar-refractivity contribution in [2.45, 2.75) is 11.3 Å². The summed E-state index contributed by atoms with van der Waals surface area (Å²) in [6, 6.07) is 4.12. The molecule has 9 heteroatoms. The molecule has 0 N–H and O–H groups in total. The molecule has 19 heavy (non-hydrogen) atoms. The molecule has 3 nitrogen and oxygen atoms in total. The van der Waals surface area contributed by atoms with Crippen LogP contribution in [-0.2, 0) is 10.0 Å². The molecule has 0 heterocycles. The number of alkyl halides is 3. The first-order chi connectivity index (χ1) is 8.78. The predicted molar refractivity (Wildman–Crippen MR) is 74.6 cm³/mol. The van der Waals surface area contributed by atoms with Gasteiger partial charge in [0, 0.05) is 16.9 Å². The van der Waals surface area contributed by atoms with Gasteiger partial charge in [0.1, 0.15) is 4.90 Å². The summed E-state index contributed by atoms with van der Waals surface area (Å²) in [6.45, 7) is -1.12. The SMILES string of the molecule is O=S(=O)(c1ccc(Br)cc1Cl)N(CCCl)CC(F)F. The number of hydrogen-bond donors (Lipinski definition) is 0. The van der Waals surface area contributed by atoms with Gasteiger partial charge in [0.15, 0.2) is 0 Å². The molecule has 0 aromatic heterocycles. The molecule has 108 valence electrons. The molecule has 0 radical (unpaired) electrons. The van der Waals surface area contributed by atoms with Crippen molar-refractivity contribution in [2.24, 2.45) is 0 Å². The van der Waals surface area contributed by atoms with Gasteiger partial charge in [-0.25, -0.2) is 17.2 Å². The van der Waals surface area contributed by atoms with Crippen LogP contribution < -0.4 is 0 Å². The summed E-state index contributed by atoms with van der Waals surface area (Å²) in [5, 5.41) is -0.0387. The van der Waals surface area contributed by atoms with Crippen LogP contribution in [0.3, 0.4) is 0 Å². The Labute approximate surface area is 128 Å². The number of halogens is 5. The second-order valence-corrected chi connectivity index (χ2v) is 7.13. The first kappa shape index (κ1) is 17.1. The van der Waals surface area contributed by atoms with Crippen LogP contribution >= 0.6 is 39.1 Å². The Morgan fingerprint density at radius 3 is 2.47 bits per heavy atom. The minimum absolute atomic E-state index is 0.0387. The maximum Gasteiger partial charge on any atom is 0.252 e. The van der Waals surface area contributed by atoms with E-state index in [1.54, 1.807) is 0 Å². The average Bonchev–Trinajstić information content (AvgIpc) is 2.27. The van der Waals surface area contributed by atoms with Gasteiger partial charge in [-0.15, -0.1) is 11.6 Å². The second-order valence-electron chi connectivity index (χ2n) is 3.52. The van der Waals surface area contributed by atoms with Gasteiger partial charge in [0.25, 0.3) is 6.43 Å². The Balaban J connectivity index is 3.18. The number of hydrogen-bond acceptors (Lipinski definition) is 2. The zero-order valence-corrected chi connectivity index (χ0v) is 13.4. The monoisotopic (exact) mass is 395 g/mol. The van der Waals surface area contributed by atoms with E-state index < -0.39 is 23.0 Å². The van der Waals surface area contributed by atoms with E-state index in [1.807, 2.05) is 0 Å². The van der Waals surface area contributed by atoms with E-state index in [1.165, 1.54) is 18.2 Å². The minimum atomic E-state index is -4.09. The summed E-state index contributed by atoms with van der Waals surface area (Å²) < 4.78 is 50.5. The normalized spacial score (nSPS) is 12.4. The van der Waals surface area contributed by atoms with Crippen LogP contribution in [0.25, 0.3) is 0 Å². The summed E-state index contributed by atoms with van der Waals surface area (Å²) in [5.41, 5.74) is 0. The summed E-state index contributed by atoms with van der Waals surface area (Å²) >= 11 is 14.4. The highest BCUT2D eigenvalue weighted by Gasteiger charge is 2.28. The lowest BCUT2D eigenvalue weighted by atomic mass is 10.4. The van der Waals surface area contributed by atoms with Gasteiger partial charge in [-0.3, -0.25) is 0 Å². The van der Waals surface area contributed by atoms with Crippen molar-refractivity contribution in [1.82, 2.24) is 4.31 Å². The maximum absolute atomic E-state index is 12.4. The second kappa shape index (κ2) is 7.17. The van der Waals surface area contributed by atoms with Crippen molar-refractivity contribution >= 4 is 49.2 Å². The molecule has 0 bridgehead atoms. The van der Waals surface area contributed by atoms with Crippen LogP contribution in [0.5, 0.6) is 0 Å². The highest BCUT2D eigenvalue weighted by molar-refractivity contribution is 9.10. The quantitative estimate of drug-likeness (QED) is 0.689. The third-order valence-electron chi connectivity index (χ3n) is 2.19. The smallest absolute Gasteiger partial charge is 0.209 e. The van der Waals surface area contributed by atoms with Crippen LogP contribution in [0.1, 0.15) is 0 Å². The van der Waals surface area contributed by atoms with E-state index in [2.05, 4.69) is 15.9 Å². The maximum atomic E-state index is 12.4. The lowest BCUT2D eigenvalue weighted by Gasteiger charge is -2.21. The number of rotatable bonds is 6. The molecule has 0 fully saturated rings. The third kappa shape index (κ3) is 4.53. The van der Waals surface area contributed by atoms with Crippen LogP contribution in [-0.4, -0.2) is 38.1 Å². The fourth-order valence-electron chi connectivity index (χ4n) is 1.38. The predicted octanol–water partition coefficient (Wildman–Crippen LogP) is 3.60. The van der Waals surface area contributed by atoms with Gasteiger partial charge in [-0.05, 0) is 18.2 Å². The molecule has 0 saturated carbocycles. The Morgan fingerprint density at radius 2 is 2.00 bits per heavy atom. The highest BCUT2D eigenvalue weighted by Crippen LogP contribution is 2.28. The largest absolute Gasteiger partial charge is 0.252 e. The Bertz CT molecular complexity index is 542. The van der Waals surface area contributed by atoms with Gasteiger partial charge in [-0.1, -0.05) is 27.5 Å². The van der Waals surface area contributed by atoms with Crippen molar-refractivity contribution in [2.75, 3.05) is 19.0 Å². The number of nitrogens with zero attached hydrogens (tertiary/aromatic N) is 1. The van der Waals surface area contributed by atoms with E-state index in [9.17, 15) is 17.2 Å². The standard InChI is InChI=1S/C10H10BrCl2F2NO2S/c11-7-1-2-9(8(13)5-7)19(17,18)16(4-3-12)6-10(14)15/h1-2,5,10H,3-4,6H2. The Hall–Kier alpha value is 0.0500. The summed E-state index contributed by atoms with van der Waals surface area (Å²) in [7, 11) is -4.09. The molecule has 0 aliphatic carbocycles.